The van der Waals surface area contributed by atoms with Crippen LogP contribution < -0.4 is 0 Å². The average Bonchev–Trinajstić information content (AvgIpc) is 2.91. The van der Waals surface area contributed by atoms with Crippen molar-refractivity contribution in [2.45, 2.75) is 51.1 Å². The molecule has 0 unspecified atom stereocenters. The lowest BCUT2D eigenvalue weighted by Gasteiger charge is -2.62. The van der Waals surface area contributed by atoms with E-state index in [9.17, 15) is 9.59 Å². The van der Waals surface area contributed by atoms with Crippen molar-refractivity contribution in [3.8, 4) is 0 Å². The maximum absolute atomic E-state index is 12.5. The molecule has 6 nitrogen and oxygen atoms in total. The molecule has 0 aromatic rings. The third-order valence-electron chi connectivity index (χ3n) is 8.75. The van der Waals surface area contributed by atoms with Crippen molar-refractivity contribution in [1.29, 1.82) is 0 Å². The minimum Gasteiger partial charge on any atom is -0.430 e. The Hall–Kier alpha value is -1.66. The first kappa shape index (κ1) is 18.4. The lowest BCUT2D eigenvalue weighted by atomic mass is 9.44. The second-order valence-corrected chi connectivity index (χ2v) is 9.36. The summed E-state index contributed by atoms with van der Waals surface area (Å²) in [5, 5.41) is 0. The van der Waals surface area contributed by atoms with Gasteiger partial charge in [-0.25, -0.2) is 4.79 Å². The van der Waals surface area contributed by atoms with E-state index in [1.54, 1.807) is 20.3 Å². The van der Waals surface area contributed by atoms with E-state index in [0.29, 0.717) is 6.42 Å². The highest BCUT2D eigenvalue weighted by Crippen LogP contribution is 2.73. The van der Waals surface area contributed by atoms with Crippen molar-refractivity contribution >= 4 is 11.9 Å². The van der Waals surface area contributed by atoms with Gasteiger partial charge in [0.1, 0.15) is 6.10 Å². The van der Waals surface area contributed by atoms with Crippen molar-refractivity contribution in [2.75, 3.05) is 14.2 Å². The third-order valence-corrected chi connectivity index (χ3v) is 8.75. The Morgan fingerprint density at radius 1 is 1.18 bits per heavy atom. The summed E-state index contributed by atoms with van der Waals surface area (Å²) in [4.78, 5) is 24.9. The van der Waals surface area contributed by atoms with E-state index in [1.165, 1.54) is 0 Å². The van der Waals surface area contributed by atoms with E-state index in [0.717, 1.165) is 12.8 Å². The Balaban J connectivity index is 1.67. The molecule has 0 amide bonds. The summed E-state index contributed by atoms with van der Waals surface area (Å²) in [5.41, 5.74) is -1.32. The van der Waals surface area contributed by atoms with Gasteiger partial charge in [0.05, 0.1) is 0 Å². The minimum absolute atomic E-state index is 0.00425. The predicted octanol–water partition coefficient (Wildman–Crippen LogP) is 3.26. The van der Waals surface area contributed by atoms with Crippen LogP contribution in [0.25, 0.3) is 0 Å². The van der Waals surface area contributed by atoms with Crippen molar-refractivity contribution in [3.05, 3.63) is 24.3 Å². The Morgan fingerprint density at radius 3 is 2.64 bits per heavy atom. The van der Waals surface area contributed by atoms with Crippen molar-refractivity contribution in [2.24, 2.45) is 34.5 Å². The lowest BCUT2D eigenvalue weighted by Crippen LogP contribution is -2.68. The molecule has 0 N–H and O–H groups in total. The molecule has 0 radical (unpaired) electrons. The molecule has 4 bridgehead atoms. The molecule has 8 atom stereocenters. The van der Waals surface area contributed by atoms with Gasteiger partial charge >= 0.3 is 6.16 Å². The molecule has 5 rings (SSSR count). The van der Waals surface area contributed by atoms with Crippen LogP contribution in [0.4, 0.5) is 4.79 Å². The van der Waals surface area contributed by atoms with Crippen LogP contribution in [0.5, 0.6) is 0 Å². The zero-order valence-corrected chi connectivity index (χ0v) is 16.8. The van der Waals surface area contributed by atoms with Crippen LogP contribution >= 0.6 is 0 Å². The van der Waals surface area contributed by atoms with Gasteiger partial charge in [0, 0.05) is 36.9 Å². The fraction of sp³-hybridized carbons (Fsp3) is 0.727. The van der Waals surface area contributed by atoms with Crippen molar-refractivity contribution in [3.63, 3.8) is 0 Å². The topological polar surface area (TPSA) is 71.1 Å². The van der Waals surface area contributed by atoms with E-state index >= 15 is 0 Å². The van der Waals surface area contributed by atoms with Gasteiger partial charge in [-0.15, -0.1) is 0 Å². The van der Waals surface area contributed by atoms with Crippen LogP contribution in [0.1, 0.15) is 33.1 Å². The van der Waals surface area contributed by atoms with E-state index in [-0.39, 0.29) is 46.4 Å². The summed E-state index contributed by atoms with van der Waals surface area (Å²) in [7, 11) is 3.17. The average molecular weight is 388 g/mol. The normalized spacial score (nSPS) is 50.8. The Bertz CT molecular complexity index is 784. The number of ether oxygens (including phenoxy) is 4. The highest BCUT2D eigenvalue weighted by atomic mass is 16.8. The molecule has 5 aliphatic rings. The standard InChI is InChI=1S/C22H28O6/c1-12-14-6-5-13-11-15-17-21(13,20(14,2)8-7-16(12)23)9-10-22(15,18(25-3)26-4)28-19(24)27-17/h5-8,12-15,17-18H,9-11H2,1-4H3/t12-,13+,14-,15+,17+,20-,21+,22+/m0/s1. The molecule has 1 saturated heterocycles. The van der Waals surface area contributed by atoms with E-state index in [1.807, 2.05) is 6.92 Å². The van der Waals surface area contributed by atoms with Crippen molar-refractivity contribution < 1.29 is 28.5 Å². The fourth-order valence-electron chi connectivity index (χ4n) is 7.51. The van der Waals surface area contributed by atoms with E-state index in [2.05, 4.69) is 25.2 Å². The Labute approximate surface area is 165 Å². The van der Waals surface area contributed by atoms with Crippen LogP contribution in [0.3, 0.4) is 0 Å². The number of carbonyl (C=O) groups excluding carboxylic acids is 2. The third kappa shape index (κ3) is 1.86. The molecule has 6 heteroatoms. The van der Waals surface area contributed by atoms with Gasteiger partial charge < -0.3 is 18.9 Å². The summed E-state index contributed by atoms with van der Waals surface area (Å²) in [6.45, 7) is 4.26. The first-order chi connectivity index (χ1) is 13.3. The molecule has 2 saturated carbocycles. The molecule has 1 spiro atoms. The second-order valence-electron chi connectivity index (χ2n) is 9.36. The number of rotatable bonds is 3. The Morgan fingerprint density at radius 2 is 1.93 bits per heavy atom. The van der Waals surface area contributed by atoms with Gasteiger partial charge in [-0.2, -0.15) is 0 Å². The maximum Gasteiger partial charge on any atom is 0.509 e. The number of ketones is 1. The highest BCUT2D eigenvalue weighted by Gasteiger charge is 2.77. The number of hydrogen-bond acceptors (Lipinski definition) is 6. The monoisotopic (exact) mass is 388 g/mol. The summed E-state index contributed by atoms with van der Waals surface area (Å²) in [6, 6.07) is 0. The van der Waals surface area contributed by atoms with Crippen LogP contribution in [-0.4, -0.2) is 44.2 Å². The molecule has 3 fully saturated rings. The Kier molecular flexibility index (Phi) is 3.74. The summed E-state index contributed by atoms with van der Waals surface area (Å²) in [6.07, 6.45) is 9.15. The quantitative estimate of drug-likeness (QED) is 0.420. The fourth-order valence-corrected chi connectivity index (χ4v) is 7.51. The molecular weight excluding hydrogens is 360 g/mol. The zero-order valence-electron chi connectivity index (χ0n) is 16.8. The molecule has 0 aromatic carbocycles. The first-order valence-corrected chi connectivity index (χ1v) is 10.2. The van der Waals surface area contributed by atoms with Crippen molar-refractivity contribution in [1.82, 2.24) is 0 Å². The van der Waals surface area contributed by atoms with Gasteiger partial charge in [0.15, 0.2) is 17.7 Å². The largest absolute Gasteiger partial charge is 0.509 e. The van der Waals surface area contributed by atoms with Gasteiger partial charge in [-0.1, -0.05) is 32.1 Å². The molecule has 152 valence electrons. The highest BCUT2D eigenvalue weighted by molar-refractivity contribution is 5.93. The summed E-state index contributed by atoms with van der Waals surface area (Å²) < 4.78 is 22.9. The molecule has 1 heterocycles. The maximum atomic E-state index is 12.5. The number of hydrogen-bond donors (Lipinski definition) is 0. The van der Waals surface area contributed by atoms with Gasteiger partial charge in [-0.05, 0) is 37.2 Å². The number of carbonyl (C=O) groups is 2. The van der Waals surface area contributed by atoms with E-state index in [4.69, 9.17) is 18.9 Å². The van der Waals surface area contributed by atoms with Crippen LogP contribution in [0.2, 0.25) is 0 Å². The minimum atomic E-state index is -0.828. The number of allylic oxidation sites excluding steroid dienone is 4. The first-order valence-electron chi connectivity index (χ1n) is 10.2. The summed E-state index contributed by atoms with van der Waals surface area (Å²) in [5.74, 6) is 0.461. The SMILES string of the molecule is COC(OC)[C@@]12CC[C@]34[C@H](C=C[C@H]5[C@H](C)C(=O)C=C[C@@]53C)C[C@@H]1[C@H]4OC(=O)O2. The molecule has 1 aliphatic heterocycles. The number of methoxy groups -OCH3 is 2. The lowest BCUT2D eigenvalue weighted by molar-refractivity contribution is -0.300. The van der Waals surface area contributed by atoms with Gasteiger partial charge in [0.25, 0.3) is 0 Å². The van der Waals surface area contributed by atoms with Crippen LogP contribution in [0, 0.1) is 34.5 Å². The van der Waals surface area contributed by atoms with Crippen LogP contribution in [-0.2, 0) is 23.7 Å². The smallest absolute Gasteiger partial charge is 0.430 e. The van der Waals surface area contributed by atoms with E-state index < -0.39 is 18.0 Å². The second kappa shape index (κ2) is 5.70. The zero-order chi connectivity index (χ0) is 19.9. The molecule has 0 aromatic heterocycles. The van der Waals surface area contributed by atoms with Gasteiger partial charge in [0.2, 0.25) is 0 Å². The molecule has 28 heavy (non-hydrogen) atoms. The predicted molar refractivity (Wildman–Crippen MR) is 99.2 cm³/mol. The molecular formula is C22H28O6. The van der Waals surface area contributed by atoms with Crippen LogP contribution in [0.15, 0.2) is 24.3 Å². The molecule has 4 aliphatic carbocycles. The number of fused-ring (bicyclic) bond motifs is 1. The summed E-state index contributed by atoms with van der Waals surface area (Å²) >= 11 is 0. The van der Waals surface area contributed by atoms with Gasteiger partial charge in [-0.3, -0.25) is 4.79 Å².